The minimum Gasteiger partial charge on any atom is -0.465 e. The number of aromatic nitrogens is 1. The molecule has 0 radical (unpaired) electrons. The number of nitrogens with two attached hydrogens (primary N) is 1. The topological polar surface area (TPSA) is 164 Å². The van der Waals surface area contributed by atoms with E-state index in [1.807, 2.05) is 0 Å². The van der Waals surface area contributed by atoms with Gasteiger partial charge in [-0.1, -0.05) is 35.6 Å². The lowest BCUT2D eigenvalue weighted by Gasteiger charge is -2.32. The number of carbonyl (C=O) groups is 2. The summed E-state index contributed by atoms with van der Waals surface area (Å²) >= 11 is 7.85. The number of rotatable bonds is 5. The quantitative estimate of drug-likeness (QED) is 0.424. The number of thiazole rings is 1. The molecule has 1 aliphatic carbocycles. The van der Waals surface area contributed by atoms with Crippen LogP contribution in [0, 0.1) is 6.92 Å². The Hall–Kier alpha value is -1.99. The van der Waals surface area contributed by atoms with Crippen molar-refractivity contribution in [1.29, 1.82) is 0 Å². The fraction of sp³-hybridized carbons (Fsp3) is 0.400. The van der Waals surface area contributed by atoms with E-state index in [1.54, 1.807) is 38.2 Å². The number of alkyl halides is 1. The van der Waals surface area contributed by atoms with Crippen LogP contribution in [0.1, 0.15) is 24.4 Å². The van der Waals surface area contributed by atoms with Crippen LogP contribution in [-0.4, -0.2) is 43.1 Å². The summed E-state index contributed by atoms with van der Waals surface area (Å²) in [5, 5.41) is 18.0. The summed E-state index contributed by atoms with van der Waals surface area (Å²) in [6.45, 7) is 5.33. The first kappa shape index (κ1) is 24.0. The van der Waals surface area contributed by atoms with Crippen molar-refractivity contribution in [2.75, 3.05) is 11.9 Å². The van der Waals surface area contributed by atoms with Gasteiger partial charge in [-0.05, 0) is 13.8 Å². The number of nitrogens with zero attached hydrogens (tertiary/aromatic N) is 1. The van der Waals surface area contributed by atoms with Crippen LogP contribution < -0.4 is 20.5 Å². The van der Waals surface area contributed by atoms with Gasteiger partial charge in [0.05, 0.1) is 16.6 Å². The van der Waals surface area contributed by atoms with E-state index in [0.29, 0.717) is 22.2 Å². The molecule has 13 heteroatoms. The molecule has 1 aromatic rings. The smallest absolute Gasteiger partial charge is 0.404 e. The lowest BCUT2D eigenvalue weighted by molar-refractivity contribution is -0.114. The molecule has 0 aromatic carbocycles. The molecular weight excluding hydrogens is 430 g/mol. The highest BCUT2D eigenvalue weighted by molar-refractivity contribution is 7.87. The van der Waals surface area contributed by atoms with Gasteiger partial charge < -0.3 is 15.7 Å². The maximum atomic E-state index is 11.3. The standard InChI is InChI=1S/C12H15ClN4O3S2.C3H7NO2/c1-7-10(21-11(15-7)16-8(2)18)12(13)6-4-3-5-9(12)17-22(14,19)20;1-2-4-3(5)6/h3-6,9,17H,1-2H3,(H2,14,19,20)(H,15,16,18);4H,2H2,1H3,(H,5,6). The van der Waals surface area contributed by atoms with Crippen LogP contribution in [-0.2, 0) is 19.9 Å². The molecule has 2 atom stereocenters. The second-order valence-electron chi connectivity index (χ2n) is 5.60. The Morgan fingerprint density at radius 3 is 2.54 bits per heavy atom. The summed E-state index contributed by atoms with van der Waals surface area (Å²) in [7, 11) is -3.93. The zero-order valence-electron chi connectivity index (χ0n) is 15.4. The molecule has 1 aliphatic rings. The first-order valence-electron chi connectivity index (χ1n) is 7.96. The van der Waals surface area contributed by atoms with Crippen LogP contribution in [0.3, 0.4) is 0 Å². The highest BCUT2D eigenvalue weighted by Crippen LogP contribution is 2.43. The minimum atomic E-state index is -3.93. The van der Waals surface area contributed by atoms with Crippen molar-refractivity contribution in [3.63, 3.8) is 0 Å². The summed E-state index contributed by atoms with van der Waals surface area (Å²) in [4.78, 5) is 24.3. The second-order valence-corrected chi connectivity index (χ2v) is 8.55. The van der Waals surface area contributed by atoms with Crippen molar-refractivity contribution in [3.05, 3.63) is 34.9 Å². The number of amides is 2. The molecule has 1 aromatic heterocycles. The third kappa shape index (κ3) is 7.20. The normalized spacial score (nSPS) is 20.8. The van der Waals surface area contributed by atoms with Gasteiger partial charge in [0.1, 0.15) is 4.87 Å². The number of hydrogen-bond donors (Lipinski definition) is 5. The van der Waals surface area contributed by atoms with Crippen molar-refractivity contribution in [2.45, 2.75) is 31.7 Å². The SMILES string of the molecule is CC(=O)Nc1nc(C)c(C2(Cl)C=CC=CC2NS(N)(=O)=O)s1.CCNC(=O)O. The highest BCUT2D eigenvalue weighted by Gasteiger charge is 2.41. The summed E-state index contributed by atoms with van der Waals surface area (Å²) in [6, 6.07) is -0.765. The van der Waals surface area contributed by atoms with Crippen LogP contribution in [0.4, 0.5) is 9.93 Å². The number of hydrogen-bond acceptors (Lipinski definition) is 6. The van der Waals surface area contributed by atoms with Gasteiger partial charge in [0.2, 0.25) is 5.91 Å². The highest BCUT2D eigenvalue weighted by atomic mass is 35.5. The van der Waals surface area contributed by atoms with Crippen LogP contribution in [0.5, 0.6) is 0 Å². The van der Waals surface area contributed by atoms with E-state index in [1.165, 1.54) is 18.3 Å². The van der Waals surface area contributed by atoms with E-state index in [2.05, 4.69) is 20.3 Å². The lowest BCUT2D eigenvalue weighted by atomic mass is 9.92. The first-order valence-corrected chi connectivity index (χ1v) is 10.7. The zero-order valence-corrected chi connectivity index (χ0v) is 17.8. The van der Waals surface area contributed by atoms with Gasteiger partial charge in [0, 0.05) is 13.5 Å². The Morgan fingerprint density at radius 1 is 1.43 bits per heavy atom. The lowest BCUT2D eigenvalue weighted by Crippen LogP contribution is -2.48. The Kier molecular flexibility index (Phi) is 8.57. The summed E-state index contributed by atoms with van der Waals surface area (Å²) in [5.41, 5.74) is 0.602. The maximum Gasteiger partial charge on any atom is 0.404 e. The minimum absolute atomic E-state index is 0.248. The van der Waals surface area contributed by atoms with Gasteiger partial charge in [-0.2, -0.15) is 13.1 Å². The maximum absolute atomic E-state index is 11.3. The molecule has 6 N–H and O–H groups in total. The van der Waals surface area contributed by atoms with Crippen molar-refractivity contribution >= 4 is 50.3 Å². The van der Waals surface area contributed by atoms with E-state index < -0.39 is 27.2 Å². The number of carbonyl (C=O) groups excluding carboxylic acids is 1. The Balaban J connectivity index is 0.000000568. The molecule has 156 valence electrons. The Labute approximate surface area is 172 Å². The van der Waals surface area contributed by atoms with Crippen molar-refractivity contribution in [3.8, 4) is 0 Å². The number of anilines is 1. The van der Waals surface area contributed by atoms with Crippen LogP contribution >= 0.6 is 22.9 Å². The fourth-order valence-electron chi connectivity index (χ4n) is 2.24. The summed E-state index contributed by atoms with van der Waals surface area (Å²) < 4.78 is 25.0. The third-order valence-electron chi connectivity index (χ3n) is 3.25. The van der Waals surface area contributed by atoms with Crippen LogP contribution in [0.25, 0.3) is 0 Å². The van der Waals surface area contributed by atoms with E-state index in [9.17, 15) is 18.0 Å². The Morgan fingerprint density at radius 2 is 2.07 bits per heavy atom. The molecule has 10 nitrogen and oxygen atoms in total. The van der Waals surface area contributed by atoms with Gasteiger partial charge in [-0.3, -0.25) is 4.79 Å². The summed E-state index contributed by atoms with van der Waals surface area (Å²) in [5.74, 6) is -0.248. The molecule has 0 saturated carbocycles. The number of nitrogens with one attached hydrogen (secondary N) is 3. The van der Waals surface area contributed by atoms with Gasteiger partial charge in [-0.15, -0.1) is 11.6 Å². The van der Waals surface area contributed by atoms with Gasteiger partial charge in [-0.25, -0.2) is 14.9 Å². The van der Waals surface area contributed by atoms with Crippen LogP contribution in [0.2, 0.25) is 0 Å². The number of halogens is 1. The molecule has 2 rings (SSSR count). The largest absolute Gasteiger partial charge is 0.465 e. The molecular formula is C15H22ClN5O5S2. The van der Waals surface area contributed by atoms with E-state index in [-0.39, 0.29) is 5.91 Å². The molecule has 0 spiro atoms. The van der Waals surface area contributed by atoms with Crippen molar-refractivity contribution < 1.29 is 23.1 Å². The molecule has 0 aliphatic heterocycles. The first-order chi connectivity index (χ1) is 12.9. The molecule has 28 heavy (non-hydrogen) atoms. The van der Waals surface area contributed by atoms with Gasteiger partial charge >= 0.3 is 6.09 Å². The van der Waals surface area contributed by atoms with E-state index >= 15 is 0 Å². The number of carboxylic acid groups (broad SMARTS) is 1. The Bertz CT molecular complexity index is 883. The monoisotopic (exact) mass is 451 g/mol. The summed E-state index contributed by atoms with van der Waals surface area (Å²) in [6.07, 6.45) is 5.70. The number of aryl methyl sites for hydroxylation is 1. The predicted molar refractivity (Wildman–Crippen MR) is 109 cm³/mol. The molecule has 1 heterocycles. The van der Waals surface area contributed by atoms with E-state index in [0.717, 1.165) is 0 Å². The molecule has 2 unspecified atom stereocenters. The molecule has 0 bridgehead atoms. The average Bonchev–Trinajstić information content (AvgIpc) is 2.89. The van der Waals surface area contributed by atoms with Gasteiger partial charge in [0.15, 0.2) is 5.13 Å². The molecule has 0 saturated heterocycles. The second kappa shape index (κ2) is 9.98. The molecule has 2 amide bonds. The predicted octanol–water partition coefficient (Wildman–Crippen LogP) is 1.41. The van der Waals surface area contributed by atoms with Crippen molar-refractivity contribution in [1.82, 2.24) is 15.0 Å². The van der Waals surface area contributed by atoms with Crippen LogP contribution in [0.15, 0.2) is 24.3 Å². The fourth-order valence-corrected chi connectivity index (χ4v) is 4.49. The average molecular weight is 452 g/mol. The van der Waals surface area contributed by atoms with E-state index in [4.69, 9.17) is 21.8 Å². The molecule has 0 fully saturated rings. The van der Waals surface area contributed by atoms with Crippen molar-refractivity contribution in [2.24, 2.45) is 5.14 Å². The van der Waals surface area contributed by atoms with Gasteiger partial charge in [0.25, 0.3) is 10.2 Å². The zero-order chi connectivity index (χ0) is 21.5. The third-order valence-corrected chi connectivity index (χ3v) is 5.72. The number of allylic oxidation sites excluding steroid dienone is 2.